The van der Waals surface area contributed by atoms with Gasteiger partial charge >= 0.3 is 5.97 Å². The Morgan fingerprint density at radius 3 is 2.48 bits per heavy atom. The summed E-state index contributed by atoms with van der Waals surface area (Å²) in [4.78, 5) is 27.0. The number of hydrogen-bond acceptors (Lipinski definition) is 4. The number of ether oxygens (including phenoxy) is 1. The largest absolute Gasteiger partial charge is 0.449 e. The molecule has 0 radical (unpaired) electrons. The second-order valence-corrected chi connectivity index (χ2v) is 7.41. The van der Waals surface area contributed by atoms with E-state index in [9.17, 15) is 9.59 Å². The number of amides is 1. The lowest BCUT2D eigenvalue weighted by molar-refractivity contribution is -0.141. The summed E-state index contributed by atoms with van der Waals surface area (Å²) in [5.41, 5.74) is 1.39. The van der Waals surface area contributed by atoms with Crippen LogP contribution in [0.3, 0.4) is 0 Å². The van der Waals surface area contributed by atoms with E-state index in [-0.39, 0.29) is 16.6 Å². The van der Waals surface area contributed by atoms with Crippen molar-refractivity contribution in [2.24, 2.45) is 5.92 Å². The fourth-order valence-electron chi connectivity index (χ4n) is 3.23. The SMILES string of the molecule is Cc1nn(-c2ccccc2)c(Cl)c1C(=O)O[C@H](C)C(=O)N1CCC(C)CC1. The number of likely N-dealkylation sites (tertiary alicyclic amines) is 1. The van der Waals surface area contributed by atoms with Gasteiger partial charge < -0.3 is 9.64 Å². The number of benzene rings is 1. The van der Waals surface area contributed by atoms with Gasteiger partial charge in [0.25, 0.3) is 5.91 Å². The van der Waals surface area contributed by atoms with Gasteiger partial charge in [0.15, 0.2) is 6.10 Å². The predicted octanol–water partition coefficient (Wildman–Crippen LogP) is 3.64. The minimum Gasteiger partial charge on any atom is -0.449 e. The highest BCUT2D eigenvalue weighted by Gasteiger charge is 2.29. The van der Waals surface area contributed by atoms with Gasteiger partial charge in [0.1, 0.15) is 10.7 Å². The Balaban J connectivity index is 1.73. The van der Waals surface area contributed by atoms with Crippen LogP contribution >= 0.6 is 11.6 Å². The standard InChI is InChI=1S/C20H24ClN3O3/c1-13-9-11-23(12-10-13)19(25)15(3)27-20(26)17-14(2)22-24(18(17)21)16-7-5-4-6-8-16/h4-8,13,15H,9-12H2,1-3H3/t15-/m1/s1. The van der Waals surface area contributed by atoms with E-state index < -0.39 is 12.1 Å². The van der Waals surface area contributed by atoms with Gasteiger partial charge in [0.2, 0.25) is 0 Å². The molecule has 1 amide bonds. The average molecular weight is 390 g/mol. The molecule has 27 heavy (non-hydrogen) atoms. The summed E-state index contributed by atoms with van der Waals surface area (Å²) >= 11 is 6.39. The first kappa shape index (κ1) is 19.4. The maximum Gasteiger partial charge on any atom is 0.344 e. The number of carbonyl (C=O) groups excluding carboxylic acids is 2. The van der Waals surface area contributed by atoms with Gasteiger partial charge in [-0.1, -0.05) is 36.7 Å². The number of nitrogens with zero attached hydrogens (tertiary/aromatic N) is 3. The molecular formula is C20H24ClN3O3. The number of para-hydroxylation sites is 1. The van der Waals surface area contributed by atoms with Crippen LogP contribution < -0.4 is 0 Å². The molecule has 1 aromatic carbocycles. The van der Waals surface area contributed by atoms with Crippen LogP contribution in [0.2, 0.25) is 5.15 Å². The first-order chi connectivity index (χ1) is 12.9. The molecule has 0 spiro atoms. The number of hydrogen-bond donors (Lipinski definition) is 0. The minimum atomic E-state index is -0.860. The Morgan fingerprint density at radius 1 is 1.22 bits per heavy atom. The van der Waals surface area contributed by atoms with Gasteiger partial charge in [-0.15, -0.1) is 0 Å². The highest BCUT2D eigenvalue weighted by Crippen LogP contribution is 2.25. The van der Waals surface area contributed by atoms with E-state index >= 15 is 0 Å². The Bertz CT molecular complexity index is 826. The molecule has 2 heterocycles. The van der Waals surface area contributed by atoms with E-state index in [1.165, 1.54) is 4.68 Å². The zero-order valence-electron chi connectivity index (χ0n) is 15.8. The van der Waals surface area contributed by atoms with Gasteiger partial charge in [-0.25, -0.2) is 9.48 Å². The number of aryl methyl sites for hydroxylation is 1. The Labute approximate surface area is 164 Å². The molecule has 0 N–H and O–H groups in total. The number of esters is 1. The summed E-state index contributed by atoms with van der Waals surface area (Å²) in [5, 5.41) is 4.52. The normalized spacial score (nSPS) is 16.2. The van der Waals surface area contributed by atoms with Crippen LogP contribution in [-0.4, -0.2) is 45.8 Å². The molecule has 0 bridgehead atoms. The van der Waals surface area contributed by atoms with Gasteiger partial charge in [-0.05, 0) is 44.7 Å². The van der Waals surface area contributed by atoms with Crippen molar-refractivity contribution in [3.8, 4) is 5.69 Å². The van der Waals surface area contributed by atoms with E-state index in [2.05, 4.69) is 12.0 Å². The summed E-state index contributed by atoms with van der Waals surface area (Å²) in [6.07, 6.45) is 1.09. The summed E-state index contributed by atoms with van der Waals surface area (Å²) in [6.45, 7) is 6.88. The molecule has 7 heteroatoms. The molecule has 0 aliphatic carbocycles. The zero-order valence-corrected chi connectivity index (χ0v) is 16.6. The van der Waals surface area contributed by atoms with Gasteiger partial charge in [0.05, 0.1) is 11.4 Å². The molecule has 6 nitrogen and oxygen atoms in total. The van der Waals surface area contributed by atoms with Crippen molar-refractivity contribution < 1.29 is 14.3 Å². The van der Waals surface area contributed by atoms with Crippen LogP contribution in [0.25, 0.3) is 5.69 Å². The maximum atomic E-state index is 12.6. The van der Waals surface area contributed by atoms with E-state index in [4.69, 9.17) is 16.3 Å². The monoisotopic (exact) mass is 389 g/mol. The Kier molecular flexibility index (Phi) is 5.85. The average Bonchev–Trinajstić information content (AvgIpc) is 2.96. The lowest BCUT2D eigenvalue weighted by Gasteiger charge is -2.31. The molecule has 1 atom stereocenters. The van der Waals surface area contributed by atoms with Crippen molar-refractivity contribution in [1.29, 1.82) is 0 Å². The number of aromatic nitrogens is 2. The third kappa shape index (κ3) is 4.16. The Hall–Kier alpha value is -2.34. The third-order valence-corrected chi connectivity index (χ3v) is 5.28. The summed E-state index contributed by atoms with van der Waals surface area (Å²) in [6, 6.07) is 9.30. The second kappa shape index (κ2) is 8.13. The number of carbonyl (C=O) groups is 2. The zero-order chi connectivity index (χ0) is 19.6. The lowest BCUT2D eigenvalue weighted by atomic mass is 9.99. The van der Waals surface area contributed by atoms with E-state index in [0.717, 1.165) is 18.5 Å². The fourth-order valence-corrected chi connectivity index (χ4v) is 3.58. The van der Waals surface area contributed by atoms with Crippen LogP contribution in [0.1, 0.15) is 42.7 Å². The van der Waals surface area contributed by atoms with Crippen LogP contribution in [0.15, 0.2) is 30.3 Å². The molecule has 3 rings (SSSR count). The van der Waals surface area contributed by atoms with Crippen molar-refractivity contribution in [3.05, 3.63) is 46.7 Å². The predicted molar refractivity (Wildman–Crippen MR) is 103 cm³/mol. The summed E-state index contributed by atoms with van der Waals surface area (Å²) in [5.74, 6) is -0.178. The molecule has 1 aromatic heterocycles. The quantitative estimate of drug-likeness (QED) is 0.749. The van der Waals surface area contributed by atoms with Gasteiger partial charge in [-0.2, -0.15) is 5.10 Å². The van der Waals surface area contributed by atoms with Crippen molar-refractivity contribution >= 4 is 23.5 Å². The van der Waals surface area contributed by atoms with Crippen LogP contribution in [-0.2, 0) is 9.53 Å². The summed E-state index contributed by atoms with van der Waals surface area (Å²) in [7, 11) is 0. The summed E-state index contributed by atoms with van der Waals surface area (Å²) < 4.78 is 6.91. The van der Waals surface area contributed by atoms with Crippen molar-refractivity contribution in [1.82, 2.24) is 14.7 Å². The molecule has 144 valence electrons. The molecule has 1 aliphatic heterocycles. The van der Waals surface area contributed by atoms with E-state index in [1.807, 2.05) is 30.3 Å². The van der Waals surface area contributed by atoms with Gasteiger partial charge in [-0.3, -0.25) is 4.79 Å². The van der Waals surface area contributed by atoms with Crippen LogP contribution in [0, 0.1) is 12.8 Å². The van der Waals surface area contributed by atoms with Gasteiger partial charge in [0, 0.05) is 13.1 Å². The molecule has 1 saturated heterocycles. The number of rotatable bonds is 4. The maximum absolute atomic E-state index is 12.6. The first-order valence-corrected chi connectivity index (χ1v) is 9.56. The molecular weight excluding hydrogens is 366 g/mol. The second-order valence-electron chi connectivity index (χ2n) is 7.05. The third-order valence-electron chi connectivity index (χ3n) is 4.94. The molecule has 1 aliphatic rings. The van der Waals surface area contributed by atoms with Crippen molar-refractivity contribution in [2.75, 3.05) is 13.1 Å². The van der Waals surface area contributed by atoms with Crippen LogP contribution in [0.5, 0.6) is 0 Å². The number of piperidine rings is 1. The fraction of sp³-hybridized carbons (Fsp3) is 0.450. The highest BCUT2D eigenvalue weighted by molar-refractivity contribution is 6.33. The highest BCUT2D eigenvalue weighted by atomic mass is 35.5. The van der Waals surface area contributed by atoms with E-state index in [1.54, 1.807) is 18.7 Å². The molecule has 2 aromatic rings. The smallest absolute Gasteiger partial charge is 0.344 e. The molecule has 0 unspecified atom stereocenters. The van der Waals surface area contributed by atoms with Crippen LogP contribution in [0.4, 0.5) is 0 Å². The molecule has 1 fully saturated rings. The van der Waals surface area contributed by atoms with Crippen molar-refractivity contribution in [2.45, 2.75) is 39.7 Å². The first-order valence-electron chi connectivity index (χ1n) is 9.18. The number of halogens is 1. The topological polar surface area (TPSA) is 64.4 Å². The molecule has 0 saturated carbocycles. The lowest BCUT2D eigenvalue weighted by Crippen LogP contribution is -2.44. The van der Waals surface area contributed by atoms with E-state index in [0.29, 0.717) is 24.7 Å². The Morgan fingerprint density at radius 2 is 1.85 bits per heavy atom. The minimum absolute atomic E-state index is 0.167. The van der Waals surface area contributed by atoms with Crippen molar-refractivity contribution in [3.63, 3.8) is 0 Å².